The highest BCUT2D eigenvalue weighted by Crippen LogP contribution is 2.19. The molecule has 1 rings (SSSR count). The van der Waals surface area contributed by atoms with Gasteiger partial charge in [-0.05, 0) is 32.1 Å². The molecule has 2 amide bonds. The van der Waals surface area contributed by atoms with Crippen LogP contribution in [0.15, 0.2) is 0 Å². The molecule has 0 spiro atoms. The second-order valence-electron chi connectivity index (χ2n) is 4.81. The maximum Gasteiger partial charge on any atom is 0.317 e. The van der Waals surface area contributed by atoms with Crippen molar-refractivity contribution >= 4 is 12.0 Å². The zero-order valence-electron chi connectivity index (χ0n) is 10.6. The van der Waals surface area contributed by atoms with Crippen LogP contribution < -0.4 is 5.32 Å². The van der Waals surface area contributed by atoms with E-state index in [0.717, 1.165) is 25.8 Å². The fourth-order valence-electron chi connectivity index (χ4n) is 2.07. The van der Waals surface area contributed by atoms with Crippen LogP contribution in [0.2, 0.25) is 0 Å². The monoisotopic (exact) mass is 242 g/mol. The van der Waals surface area contributed by atoms with Gasteiger partial charge in [-0.2, -0.15) is 0 Å². The van der Waals surface area contributed by atoms with Gasteiger partial charge in [0.25, 0.3) is 0 Å². The molecule has 0 saturated carbocycles. The molecule has 0 bridgehead atoms. The van der Waals surface area contributed by atoms with E-state index in [2.05, 4.69) is 5.32 Å². The van der Waals surface area contributed by atoms with Gasteiger partial charge in [0.2, 0.25) is 0 Å². The maximum absolute atomic E-state index is 11.9. The lowest BCUT2D eigenvalue weighted by molar-refractivity contribution is -0.138. The lowest BCUT2D eigenvalue weighted by atomic mass is 9.95. The van der Waals surface area contributed by atoms with Gasteiger partial charge in [0, 0.05) is 25.6 Å². The SMILES string of the molecule is CCC(C)NC(=O)N1CCCC(CC(=O)O)C1. The van der Waals surface area contributed by atoms with Gasteiger partial charge in [-0.3, -0.25) is 4.79 Å². The summed E-state index contributed by atoms with van der Waals surface area (Å²) < 4.78 is 0. The van der Waals surface area contributed by atoms with E-state index in [9.17, 15) is 9.59 Å². The van der Waals surface area contributed by atoms with Crippen LogP contribution in [0.3, 0.4) is 0 Å². The highest BCUT2D eigenvalue weighted by molar-refractivity contribution is 5.74. The Balaban J connectivity index is 2.43. The smallest absolute Gasteiger partial charge is 0.317 e. The van der Waals surface area contributed by atoms with Crippen LogP contribution in [0.4, 0.5) is 4.79 Å². The summed E-state index contributed by atoms with van der Waals surface area (Å²) in [5, 5.41) is 11.7. The van der Waals surface area contributed by atoms with Gasteiger partial charge in [-0.25, -0.2) is 4.79 Å². The molecule has 1 aliphatic rings. The Hall–Kier alpha value is -1.26. The molecule has 1 aliphatic heterocycles. The Bertz CT molecular complexity index is 281. The minimum atomic E-state index is -0.779. The number of carboxylic acids is 1. The highest BCUT2D eigenvalue weighted by atomic mass is 16.4. The molecule has 2 N–H and O–H groups in total. The second kappa shape index (κ2) is 6.47. The number of piperidine rings is 1. The summed E-state index contributed by atoms with van der Waals surface area (Å²) >= 11 is 0. The van der Waals surface area contributed by atoms with Gasteiger partial charge in [-0.1, -0.05) is 6.92 Å². The standard InChI is InChI=1S/C12H22N2O3/c1-3-9(2)13-12(17)14-6-4-5-10(8-14)7-11(15)16/h9-10H,3-8H2,1-2H3,(H,13,17)(H,15,16). The lowest BCUT2D eigenvalue weighted by Gasteiger charge is -2.32. The van der Waals surface area contributed by atoms with E-state index < -0.39 is 5.97 Å². The number of carbonyl (C=O) groups excluding carboxylic acids is 1. The van der Waals surface area contributed by atoms with Crippen molar-refractivity contribution < 1.29 is 14.7 Å². The van der Waals surface area contributed by atoms with E-state index in [-0.39, 0.29) is 24.4 Å². The number of carboxylic acid groups (broad SMARTS) is 1. The first-order valence-corrected chi connectivity index (χ1v) is 6.30. The summed E-state index contributed by atoms with van der Waals surface area (Å²) in [5.41, 5.74) is 0. The zero-order chi connectivity index (χ0) is 12.8. The van der Waals surface area contributed by atoms with Crippen LogP contribution >= 0.6 is 0 Å². The average molecular weight is 242 g/mol. The first-order valence-electron chi connectivity index (χ1n) is 6.30. The van der Waals surface area contributed by atoms with Gasteiger partial charge in [0.15, 0.2) is 0 Å². The number of rotatable bonds is 4. The third-order valence-corrected chi connectivity index (χ3v) is 3.25. The molecule has 2 atom stereocenters. The topological polar surface area (TPSA) is 69.6 Å². The van der Waals surface area contributed by atoms with Gasteiger partial charge < -0.3 is 15.3 Å². The van der Waals surface area contributed by atoms with E-state index in [1.54, 1.807) is 4.90 Å². The van der Waals surface area contributed by atoms with Crippen molar-refractivity contribution in [3.05, 3.63) is 0 Å². The largest absolute Gasteiger partial charge is 0.481 e. The van der Waals surface area contributed by atoms with E-state index >= 15 is 0 Å². The molecule has 98 valence electrons. The molecular formula is C12H22N2O3. The Kier molecular flexibility index (Phi) is 5.25. The molecule has 0 radical (unpaired) electrons. The fraction of sp³-hybridized carbons (Fsp3) is 0.833. The van der Waals surface area contributed by atoms with Crippen LogP contribution in [0.1, 0.15) is 39.5 Å². The van der Waals surface area contributed by atoms with Crippen molar-refractivity contribution in [2.24, 2.45) is 5.92 Å². The number of nitrogens with one attached hydrogen (secondary N) is 1. The number of hydrogen-bond acceptors (Lipinski definition) is 2. The van der Waals surface area contributed by atoms with Crippen molar-refractivity contribution in [1.82, 2.24) is 10.2 Å². The van der Waals surface area contributed by atoms with Gasteiger partial charge in [0.05, 0.1) is 0 Å². The number of urea groups is 1. The fourth-order valence-corrected chi connectivity index (χ4v) is 2.07. The van der Waals surface area contributed by atoms with E-state index in [1.165, 1.54) is 0 Å². The van der Waals surface area contributed by atoms with E-state index in [1.807, 2.05) is 13.8 Å². The van der Waals surface area contributed by atoms with Crippen molar-refractivity contribution in [2.45, 2.75) is 45.6 Å². The molecule has 0 aliphatic carbocycles. The average Bonchev–Trinajstić information content (AvgIpc) is 2.28. The van der Waals surface area contributed by atoms with Crippen LogP contribution in [0, 0.1) is 5.92 Å². The predicted octanol–water partition coefficient (Wildman–Crippen LogP) is 1.68. The third kappa shape index (κ3) is 4.63. The first-order chi connectivity index (χ1) is 8.02. The normalized spacial score (nSPS) is 22.0. The van der Waals surface area contributed by atoms with Crippen molar-refractivity contribution in [2.75, 3.05) is 13.1 Å². The molecular weight excluding hydrogens is 220 g/mol. The number of carbonyl (C=O) groups is 2. The first kappa shape index (κ1) is 13.8. The number of hydrogen-bond donors (Lipinski definition) is 2. The van der Waals surface area contributed by atoms with Crippen LogP contribution in [-0.4, -0.2) is 41.1 Å². The third-order valence-electron chi connectivity index (χ3n) is 3.25. The van der Waals surface area contributed by atoms with E-state index in [4.69, 9.17) is 5.11 Å². The van der Waals surface area contributed by atoms with Crippen LogP contribution in [-0.2, 0) is 4.79 Å². The number of nitrogens with zero attached hydrogens (tertiary/aromatic N) is 1. The van der Waals surface area contributed by atoms with E-state index in [0.29, 0.717) is 6.54 Å². The van der Waals surface area contributed by atoms with Gasteiger partial charge in [-0.15, -0.1) is 0 Å². The van der Waals surface area contributed by atoms with Crippen molar-refractivity contribution in [3.63, 3.8) is 0 Å². The number of amides is 2. The zero-order valence-corrected chi connectivity index (χ0v) is 10.6. The van der Waals surface area contributed by atoms with Crippen molar-refractivity contribution in [1.29, 1.82) is 0 Å². The van der Waals surface area contributed by atoms with Crippen LogP contribution in [0.5, 0.6) is 0 Å². The van der Waals surface area contributed by atoms with Crippen molar-refractivity contribution in [3.8, 4) is 0 Å². The molecule has 0 aromatic rings. The second-order valence-corrected chi connectivity index (χ2v) is 4.81. The molecule has 1 saturated heterocycles. The predicted molar refractivity (Wildman–Crippen MR) is 64.8 cm³/mol. The molecule has 1 fully saturated rings. The molecule has 5 nitrogen and oxygen atoms in total. The summed E-state index contributed by atoms with van der Waals surface area (Å²) in [6.45, 7) is 5.29. The summed E-state index contributed by atoms with van der Waals surface area (Å²) in [7, 11) is 0. The molecule has 2 unspecified atom stereocenters. The minimum absolute atomic E-state index is 0.0607. The Morgan fingerprint density at radius 3 is 2.82 bits per heavy atom. The van der Waals surface area contributed by atoms with Gasteiger partial charge in [0.1, 0.15) is 0 Å². The summed E-state index contributed by atoms with van der Waals surface area (Å²) in [4.78, 5) is 24.3. The van der Waals surface area contributed by atoms with Crippen LogP contribution in [0.25, 0.3) is 0 Å². The molecule has 1 heterocycles. The Morgan fingerprint density at radius 2 is 2.24 bits per heavy atom. The summed E-state index contributed by atoms with van der Waals surface area (Å²) in [5.74, 6) is -0.678. The highest BCUT2D eigenvalue weighted by Gasteiger charge is 2.25. The maximum atomic E-state index is 11.9. The summed E-state index contributed by atoms with van der Waals surface area (Å²) in [6, 6.07) is 0.108. The molecule has 0 aromatic carbocycles. The minimum Gasteiger partial charge on any atom is -0.481 e. The molecule has 17 heavy (non-hydrogen) atoms. The number of aliphatic carboxylic acids is 1. The summed E-state index contributed by atoms with van der Waals surface area (Å²) in [6.07, 6.45) is 2.86. The number of likely N-dealkylation sites (tertiary alicyclic amines) is 1. The molecule has 5 heteroatoms. The van der Waals surface area contributed by atoms with Gasteiger partial charge >= 0.3 is 12.0 Å². The Labute approximate surface area is 102 Å². The Morgan fingerprint density at radius 1 is 1.53 bits per heavy atom. The molecule has 0 aromatic heterocycles. The lowest BCUT2D eigenvalue weighted by Crippen LogP contribution is -2.48. The quantitative estimate of drug-likeness (QED) is 0.788.